The van der Waals surface area contributed by atoms with Gasteiger partial charge in [-0.2, -0.15) is 0 Å². The molecule has 1 atom stereocenters. The summed E-state index contributed by atoms with van der Waals surface area (Å²) in [4.78, 5) is 14.0. The molecule has 2 rings (SSSR count). The number of nitrogens with one attached hydrogen (secondary N) is 2. The van der Waals surface area contributed by atoms with Crippen LogP contribution in [0, 0.1) is 5.92 Å². The zero-order valence-corrected chi connectivity index (χ0v) is 11.5. The Balaban J connectivity index is 1.56. The van der Waals surface area contributed by atoms with Crippen LogP contribution in [-0.2, 0) is 6.54 Å². The van der Waals surface area contributed by atoms with Gasteiger partial charge in [0.25, 0.3) is 0 Å². The Morgan fingerprint density at radius 3 is 3.16 bits per heavy atom. The predicted molar refractivity (Wildman–Crippen MR) is 73.8 cm³/mol. The summed E-state index contributed by atoms with van der Waals surface area (Å²) in [6.45, 7) is 6.64. The van der Waals surface area contributed by atoms with E-state index in [1.54, 1.807) is 6.26 Å². The molecule has 2 N–H and O–H groups in total. The third kappa shape index (κ3) is 4.95. The Labute approximate surface area is 114 Å². The second-order valence-electron chi connectivity index (χ2n) is 5.24. The minimum Gasteiger partial charge on any atom is -0.467 e. The van der Waals surface area contributed by atoms with Gasteiger partial charge in [0.1, 0.15) is 5.76 Å². The Morgan fingerprint density at radius 2 is 2.42 bits per heavy atom. The van der Waals surface area contributed by atoms with Gasteiger partial charge in [0.05, 0.1) is 12.8 Å². The Kier molecular flexibility index (Phi) is 5.27. The highest BCUT2D eigenvalue weighted by molar-refractivity contribution is 5.73. The number of rotatable bonds is 5. The highest BCUT2D eigenvalue weighted by atomic mass is 16.3. The van der Waals surface area contributed by atoms with Crippen LogP contribution in [0.25, 0.3) is 0 Å². The SMILES string of the molecule is CC1CCCN(CCNC(=O)NCc2ccco2)C1. The molecular formula is C14H23N3O2. The van der Waals surface area contributed by atoms with Crippen molar-refractivity contribution in [1.29, 1.82) is 0 Å². The van der Waals surface area contributed by atoms with E-state index in [1.165, 1.54) is 12.8 Å². The number of hydrogen-bond acceptors (Lipinski definition) is 3. The largest absolute Gasteiger partial charge is 0.467 e. The zero-order chi connectivity index (χ0) is 13.5. The summed E-state index contributed by atoms with van der Waals surface area (Å²) in [7, 11) is 0. The van der Waals surface area contributed by atoms with Gasteiger partial charge >= 0.3 is 6.03 Å². The molecule has 1 aromatic rings. The molecule has 106 valence electrons. The quantitative estimate of drug-likeness (QED) is 0.853. The molecule has 0 aliphatic carbocycles. The van der Waals surface area contributed by atoms with Gasteiger partial charge in [0, 0.05) is 19.6 Å². The highest BCUT2D eigenvalue weighted by Gasteiger charge is 2.15. The molecule has 5 nitrogen and oxygen atoms in total. The highest BCUT2D eigenvalue weighted by Crippen LogP contribution is 2.14. The van der Waals surface area contributed by atoms with Crippen molar-refractivity contribution in [1.82, 2.24) is 15.5 Å². The number of amides is 2. The number of hydrogen-bond donors (Lipinski definition) is 2. The van der Waals surface area contributed by atoms with Gasteiger partial charge in [-0.1, -0.05) is 6.92 Å². The maximum Gasteiger partial charge on any atom is 0.315 e. The van der Waals surface area contributed by atoms with Crippen molar-refractivity contribution < 1.29 is 9.21 Å². The first-order valence-electron chi connectivity index (χ1n) is 7.00. The fourth-order valence-electron chi connectivity index (χ4n) is 2.46. The second-order valence-corrected chi connectivity index (χ2v) is 5.24. The van der Waals surface area contributed by atoms with E-state index < -0.39 is 0 Å². The molecule has 0 saturated carbocycles. The molecule has 1 unspecified atom stereocenters. The maximum absolute atomic E-state index is 11.6. The van der Waals surface area contributed by atoms with E-state index in [1.807, 2.05) is 12.1 Å². The first-order chi connectivity index (χ1) is 9.24. The van der Waals surface area contributed by atoms with Gasteiger partial charge in [0.15, 0.2) is 0 Å². The summed E-state index contributed by atoms with van der Waals surface area (Å²) in [6.07, 6.45) is 4.20. The molecule has 5 heteroatoms. The molecular weight excluding hydrogens is 242 g/mol. The van der Waals surface area contributed by atoms with Crippen molar-refractivity contribution >= 4 is 6.03 Å². The summed E-state index contributed by atoms with van der Waals surface area (Å²) < 4.78 is 5.14. The van der Waals surface area contributed by atoms with Crippen LogP contribution in [0.5, 0.6) is 0 Å². The van der Waals surface area contributed by atoms with Gasteiger partial charge in [-0.05, 0) is 37.4 Å². The summed E-state index contributed by atoms with van der Waals surface area (Å²) in [6, 6.07) is 3.52. The molecule has 1 aliphatic rings. The number of likely N-dealkylation sites (tertiary alicyclic amines) is 1. The molecule has 1 aromatic heterocycles. The monoisotopic (exact) mass is 265 g/mol. The smallest absolute Gasteiger partial charge is 0.315 e. The summed E-state index contributed by atoms with van der Waals surface area (Å²) >= 11 is 0. The van der Waals surface area contributed by atoms with Crippen LogP contribution in [0.4, 0.5) is 4.79 Å². The van der Waals surface area contributed by atoms with E-state index >= 15 is 0 Å². The fraction of sp³-hybridized carbons (Fsp3) is 0.643. The van der Waals surface area contributed by atoms with Crippen molar-refractivity contribution in [3.63, 3.8) is 0 Å². The van der Waals surface area contributed by atoms with Crippen molar-refractivity contribution in [2.45, 2.75) is 26.3 Å². The average molecular weight is 265 g/mol. The van der Waals surface area contributed by atoms with E-state index in [2.05, 4.69) is 22.5 Å². The molecule has 2 amide bonds. The number of piperidine rings is 1. The number of carbonyl (C=O) groups excluding carboxylic acids is 1. The van der Waals surface area contributed by atoms with Crippen molar-refractivity contribution in [3.05, 3.63) is 24.2 Å². The molecule has 1 aliphatic heterocycles. The van der Waals surface area contributed by atoms with Crippen LogP contribution in [0.15, 0.2) is 22.8 Å². The number of urea groups is 1. The molecule has 0 radical (unpaired) electrons. The number of nitrogens with zero attached hydrogens (tertiary/aromatic N) is 1. The molecule has 0 bridgehead atoms. The predicted octanol–water partition coefficient (Wildman–Crippen LogP) is 1.81. The Bertz CT molecular complexity index is 378. The van der Waals surface area contributed by atoms with Gasteiger partial charge in [-0.25, -0.2) is 4.79 Å². The van der Waals surface area contributed by atoms with Crippen LogP contribution in [0.1, 0.15) is 25.5 Å². The van der Waals surface area contributed by atoms with Crippen LogP contribution in [0.2, 0.25) is 0 Å². The summed E-state index contributed by atoms with van der Waals surface area (Å²) in [5, 5.41) is 5.64. The van der Waals surface area contributed by atoms with E-state index in [9.17, 15) is 4.79 Å². The average Bonchev–Trinajstić information content (AvgIpc) is 2.89. The second kappa shape index (κ2) is 7.19. The summed E-state index contributed by atoms with van der Waals surface area (Å²) in [5.74, 6) is 1.54. The summed E-state index contributed by atoms with van der Waals surface area (Å²) in [5.41, 5.74) is 0. The van der Waals surface area contributed by atoms with Crippen LogP contribution >= 0.6 is 0 Å². The lowest BCUT2D eigenvalue weighted by Crippen LogP contribution is -2.42. The van der Waals surface area contributed by atoms with E-state index in [-0.39, 0.29) is 6.03 Å². The lowest BCUT2D eigenvalue weighted by atomic mass is 10.0. The van der Waals surface area contributed by atoms with Crippen molar-refractivity contribution in [2.75, 3.05) is 26.2 Å². The third-order valence-corrected chi connectivity index (χ3v) is 3.46. The van der Waals surface area contributed by atoms with Gasteiger partial charge in [-0.15, -0.1) is 0 Å². The molecule has 19 heavy (non-hydrogen) atoms. The maximum atomic E-state index is 11.6. The first kappa shape index (κ1) is 13.9. The van der Waals surface area contributed by atoms with Gasteiger partial charge in [0.2, 0.25) is 0 Å². The van der Waals surface area contributed by atoms with Gasteiger partial charge in [-0.3, -0.25) is 0 Å². The topological polar surface area (TPSA) is 57.5 Å². The van der Waals surface area contributed by atoms with Crippen LogP contribution < -0.4 is 10.6 Å². The van der Waals surface area contributed by atoms with E-state index in [4.69, 9.17) is 4.42 Å². The van der Waals surface area contributed by atoms with Gasteiger partial charge < -0.3 is 20.0 Å². The fourth-order valence-corrected chi connectivity index (χ4v) is 2.46. The van der Waals surface area contributed by atoms with Crippen molar-refractivity contribution in [2.24, 2.45) is 5.92 Å². The van der Waals surface area contributed by atoms with E-state index in [0.29, 0.717) is 13.1 Å². The molecule has 0 aromatic carbocycles. The Hall–Kier alpha value is -1.49. The van der Waals surface area contributed by atoms with Crippen molar-refractivity contribution in [3.8, 4) is 0 Å². The lowest BCUT2D eigenvalue weighted by Gasteiger charge is -2.30. The van der Waals surface area contributed by atoms with Crippen LogP contribution in [-0.4, -0.2) is 37.1 Å². The molecule has 2 heterocycles. The number of carbonyl (C=O) groups is 1. The lowest BCUT2D eigenvalue weighted by molar-refractivity contribution is 0.183. The molecule has 0 spiro atoms. The molecule has 1 saturated heterocycles. The third-order valence-electron chi connectivity index (χ3n) is 3.46. The normalized spacial score (nSPS) is 20.2. The number of furan rings is 1. The minimum atomic E-state index is -0.138. The molecule has 1 fully saturated rings. The van der Waals surface area contributed by atoms with E-state index in [0.717, 1.165) is 31.3 Å². The first-order valence-corrected chi connectivity index (χ1v) is 7.00. The standard InChI is InChI=1S/C14H23N3O2/c1-12-4-2-7-17(11-12)8-6-15-14(18)16-10-13-5-3-9-19-13/h3,5,9,12H,2,4,6-8,10-11H2,1H3,(H2,15,16,18). The minimum absolute atomic E-state index is 0.138. The zero-order valence-electron chi connectivity index (χ0n) is 11.5. The van der Waals surface area contributed by atoms with Crippen LogP contribution in [0.3, 0.4) is 0 Å². The Morgan fingerprint density at radius 1 is 1.53 bits per heavy atom.